The van der Waals surface area contributed by atoms with Crippen molar-refractivity contribution in [3.05, 3.63) is 48.2 Å². The molecule has 0 fully saturated rings. The molecule has 1 N–H and O–H groups in total. The molecule has 2 heterocycles. The largest absolute Gasteiger partial charge is 0.476 e. The van der Waals surface area contributed by atoms with Gasteiger partial charge in [-0.05, 0) is 12.1 Å². The Morgan fingerprint density at radius 1 is 1.20 bits per heavy atom. The van der Waals surface area contributed by atoms with Crippen LogP contribution in [-0.2, 0) is 13.0 Å². The highest BCUT2D eigenvalue weighted by Gasteiger charge is 2.01. The fraction of sp³-hybridized carbons (Fsp3) is 0.400. The Balaban J connectivity index is 1.82. The van der Waals surface area contributed by atoms with Crippen LogP contribution in [-0.4, -0.2) is 27.6 Å². The third-order valence-electron chi connectivity index (χ3n) is 2.69. The number of nitrogens with zero attached hydrogens (tertiary/aromatic N) is 3. The van der Waals surface area contributed by atoms with E-state index in [1.165, 1.54) is 0 Å². The summed E-state index contributed by atoms with van der Waals surface area (Å²) in [7, 11) is 0. The van der Waals surface area contributed by atoms with Crippen molar-refractivity contribution in [3.63, 3.8) is 0 Å². The topological polar surface area (TPSA) is 59.9 Å². The van der Waals surface area contributed by atoms with Gasteiger partial charge in [-0.3, -0.25) is 9.97 Å². The summed E-state index contributed by atoms with van der Waals surface area (Å²) in [4.78, 5) is 12.8. The monoisotopic (exact) mass is 272 g/mol. The van der Waals surface area contributed by atoms with Crippen molar-refractivity contribution in [3.8, 4) is 5.88 Å². The van der Waals surface area contributed by atoms with Crippen LogP contribution in [0.2, 0.25) is 0 Å². The molecule has 0 aromatic carbocycles. The molecule has 5 heteroatoms. The summed E-state index contributed by atoms with van der Waals surface area (Å²) in [5.74, 6) is 0.559. The number of nitrogens with one attached hydrogen (secondary N) is 1. The van der Waals surface area contributed by atoms with Crippen molar-refractivity contribution >= 4 is 0 Å². The van der Waals surface area contributed by atoms with Gasteiger partial charge in [0.2, 0.25) is 5.88 Å². The molecule has 0 aliphatic heterocycles. The molecule has 5 nitrogen and oxygen atoms in total. The van der Waals surface area contributed by atoms with E-state index in [-0.39, 0.29) is 0 Å². The van der Waals surface area contributed by atoms with Crippen LogP contribution in [0.4, 0.5) is 0 Å². The maximum absolute atomic E-state index is 5.62. The molecule has 0 bridgehead atoms. The van der Waals surface area contributed by atoms with E-state index in [1.54, 1.807) is 18.6 Å². The van der Waals surface area contributed by atoms with Crippen LogP contribution in [0, 0.1) is 0 Å². The second kappa shape index (κ2) is 7.55. The standard InChI is InChI=1S/C15H20N4O/c1-12(2)18-10-14-9-16-11-15(19-14)20-8-6-13-5-3-4-7-17-13/h3-5,7,9,11-12,18H,6,8,10H2,1-2H3. The summed E-state index contributed by atoms with van der Waals surface area (Å²) in [6.45, 7) is 5.44. The van der Waals surface area contributed by atoms with E-state index in [2.05, 4.69) is 34.1 Å². The molecule has 2 rings (SSSR count). The highest BCUT2D eigenvalue weighted by atomic mass is 16.5. The van der Waals surface area contributed by atoms with Gasteiger partial charge in [-0.25, -0.2) is 4.98 Å². The molecule has 106 valence electrons. The fourth-order valence-corrected chi connectivity index (χ4v) is 1.66. The van der Waals surface area contributed by atoms with Crippen molar-refractivity contribution < 1.29 is 4.74 Å². The zero-order valence-corrected chi connectivity index (χ0v) is 11.9. The third-order valence-corrected chi connectivity index (χ3v) is 2.69. The van der Waals surface area contributed by atoms with Crippen LogP contribution in [0.5, 0.6) is 5.88 Å². The first-order valence-electron chi connectivity index (χ1n) is 6.81. The van der Waals surface area contributed by atoms with Gasteiger partial charge in [0.25, 0.3) is 0 Å². The van der Waals surface area contributed by atoms with Crippen molar-refractivity contribution in [1.29, 1.82) is 0 Å². The first-order chi connectivity index (χ1) is 9.74. The lowest BCUT2D eigenvalue weighted by molar-refractivity contribution is 0.305. The van der Waals surface area contributed by atoms with E-state index in [1.807, 2.05) is 18.2 Å². The zero-order chi connectivity index (χ0) is 14.2. The second-order valence-electron chi connectivity index (χ2n) is 4.80. The van der Waals surface area contributed by atoms with Gasteiger partial charge in [0.1, 0.15) is 0 Å². The summed E-state index contributed by atoms with van der Waals surface area (Å²) in [6, 6.07) is 6.28. The van der Waals surface area contributed by atoms with Crippen molar-refractivity contribution in [2.75, 3.05) is 6.61 Å². The molecule has 0 atom stereocenters. The summed E-state index contributed by atoms with van der Waals surface area (Å²) < 4.78 is 5.62. The normalized spacial score (nSPS) is 10.8. The predicted molar refractivity (Wildman–Crippen MR) is 77.4 cm³/mol. The lowest BCUT2D eigenvalue weighted by Crippen LogP contribution is -2.22. The maximum atomic E-state index is 5.62. The predicted octanol–water partition coefficient (Wildman–Crippen LogP) is 1.99. The number of rotatable bonds is 7. The van der Waals surface area contributed by atoms with Gasteiger partial charge in [-0.15, -0.1) is 0 Å². The Morgan fingerprint density at radius 2 is 2.10 bits per heavy atom. The van der Waals surface area contributed by atoms with Crippen LogP contribution in [0.15, 0.2) is 36.8 Å². The van der Waals surface area contributed by atoms with Crippen LogP contribution < -0.4 is 10.1 Å². The summed E-state index contributed by atoms with van der Waals surface area (Å²) in [5.41, 5.74) is 1.90. The Hall–Kier alpha value is -2.01. The molecular formula is C15H20N4O. The molecular weight excluding hydrogens is 252 g/mol. The van der Waals surface area contributed by atoms with Crippen molar-refractivity contribution in [2.45, 2.75) is 32.9 Å². The van der Waals surface area contributed by atoms with Crippen LogP contribution >= 0.6 is 0 Å². The number of ether oxygens (including phenoxy) is 1. The summed E-state index contributed by atoms with van der Waals surface area (Å²) in [6.07, 6.45) is 5.93. The molecule has 0 aliphatic carbocycles. The fourth-order valence-electron chi connectivity index (χ4n) is 1.66. The molecule has 2 aromatic heterocycles. The average molecular weight is 272 g/mol. The Morgan fingerprint density at radius 3 is 2.85 bits per heavy atom. The lowest BCUT2D eigenvalue weighted by Gasteiger charge is -2.09. The molecule has 2 aromatic rings. The Kier molecular flexibility index (Phi) is 5.43. The molecule has 0 amide bonds. The number of pyridine rings is 1. The van der Waals surface area contributed by atoms with Gasteiger partial charge in [0, 0.05) is 37.1 Å². The number of hydrogen-bond acceptors (Lipinski definition) is 5. The van der Waals surface area contributed by atoms with Crippen LogP contribution in [0.25, 0.3) is 0 Å². The molecule has 0 saturated carbocycles. The minimum Gasteiger partial charge on any atom is -0.476 e. The van der Waals surface area contributed by atoms with Gasteiger partial charge in [0.05, 0.1) is 18.5 Å². The van der Waals surface area contributed by atoms with E-state index in [0.717, 1.165) is 17.8 Å². The smallest absolute Gasteiger partial charge is 0.232 e. The van der Waals surface area contributed by atoms with E-state index < -0.39 is 0 Å². The van der Waals surface area contributed by atoms with E-state index in [9.17, 15) is 0 Å². The quantitative estimate of drug-likeness (QED) is 0.835. The van der Waals surface area contributed by atoms with Gasteiger partial charge in [-0.1, -0.05) is 19.9 Å². The molecule has 0 aliphatic rings. The first kappa shape index (κ1) is 14.4. The van der Waals surface area contributed by atoms with Gasteiger partial charge in [0.15, 0.2) is 0 Å². The Labute approximate surface area is 119 Å². The first-order valence-corrected chi connectivity index (χ1v) is 6.81. The zero-order valence-electron chi connectivity index (χ0n) is 11.9. The van der Waals surface area contributed by atoms with E-state index >= 15 is 0 Å². The van der Waals surface area contributed by atoms with Gasteiger partial charge < -0.3 is 10.1 Å². The van der Waals surface area contributed by atoms with E-state index in [4.69, 9.17) is 4.74 Å². The van der Waals surface area contributed by atoms with Gasteiger partial charge in [-0.2, -0.15) is 0 Å². The second-order valence-corrected chi connectivity index (χ2v) is 4.80. The van der Waals surface area contributed by atoms with E-state index in [0.29, 0.717) is 25.1 Å². The lowest BCUT2D eigenvalue weighted by atomic mass is 10.3. The minimum atomic E-state index is 0.422. The minimum absolute atomic E-state index is 0.422. The highest BCUT2D eigenvalue weighted by Crippen LogP contribution is 2.06. The average Bonchev–Trinajstić information content (AvgIpc) is 2.47. The third kappa shape index (κ3) is 4.93. The number of hydrogen-bond donors (Lipinski definition) is 1. The number of aromatic nitrogens is 3. The van der Waals surface area contributed by atoms with Crippen molar-refractivity contribution in [1.82, 2.24) is 20.3 Å². The van der Waals surface area contributed by atoms with Crippen molar-refractivity contribution in [2.24, 2.45) is 0 Å². The maximum Gasteiger partial charge on any atom is 0.232 e. The Bertz CT molecular complexity index is 516. The SMILES string of the molecule is CC(C)NCc1cncc(OCCc2ccccn2)n1. The molecule has 20 heavy (non-hydrogen) atoms. The summed E-state index contributed by atoms with van der Waals surface area (Å²) in [5, 5.41) is 3.30. The molecule has 0 saturated heterocycles. The summed E-state index contributed by atoms with van der Waals surface area (Å²) >= 11 is 0. The molecule has 0 unspecified atom stereocenters. The highest BCUT2D eigenvalue weighted by molar-refractivity contribution is 5.09. The molecule has 0 radical (unpaired) electrons. The van der Waals surface area contributed by atoms with Crippen LogP contribution in [0.3, 0.4) is 0 Å². The van der Waals surface area contributed by atoms with Gasteiger partial charge >= 0.3 is 0 Å². The van der Waals surface area contributed by atoms with Crippen LogP contribution in [0.1, 0.15) is 25.2 Å². The molecule has 0 spiro atoms.